The van der Waals surface area contributed by atoms with Crippen LogP contribution in [0, 0.1) is 0 Å². The fourth-order valence-corrected chi connectivity index (χ4v) is 1.58. The third kappa shape index (κ3) is 1.55. The van der Waals surface area contributed by atoms with Crippen molar-refractivity contribution in [3.8, 4) is 0 Å². The number of oxazole rings is 1. The fourth-order valence-electron chi connectivity index (χ4n) is 0.783. The van der Waals surface area contributed by atoms with Crippen molar-refractivity contribution in [2.45, 2.75) is 11.9 Å². The summed E-state index contributed by atoms with van der Waals surface area (Å²) >= 11 is 0. The topological polar surface area (TPSA) is 60.2 Å². The minimum Gasteiger partial charge on any atom is -0.442 e. The van der Waals surface area contributed by atoms with Gasteiger partial charge in [0.05, 0.1) is 0 Å². The Hall–Kier alpha value is -1.10. The molecule has 0 aliphatic heterocycles. The quantitative estimate of drug-likeness (QED) is 0.695. The predicted molar refractivity (Wildman–Crippen MR) is 44.3 cm³/mol. The van der Waals surface area contributed by atoms with Crippen LogP contribution < -0.4 is 0 Å². The van der Waals surface area contributed by atoms with Gasteiger partial charge in [-0.2, -0.15) is 0 Å². The Bertz CT molecular complexity index is 402. The molecule has 0 atom stereocenters. The van der Waals surface area contributed by atoms with Gasteiger partial charge in [0.1, 0.15) is 0 Å². The molecule has 1 aromatic rings. The molecule has 0 spiro atoms. The van der Waals surface area contributed by atoms with Crippen molar-refractivity contribution in [2.24, 2.45) is 0 Å². The summed E-state index contributed by atoms with van der Waals surface area (Å²) in [5.41, 5.74) is 0.549. The Balaban J connectivity index is 3.36. The summed E-state index contributed by atoms with van der Waals surface area (Å²) in [5, 5.41) is -0.0463. The minimum atomic E-state index is -3.30. The highest BCUT2D eigenvalue weighted by molar-refractivity contribution is 7.90. The molecule has 1 rings (SSSR count). The molecule has 0 unspecified atom stereocenters. The zero-order chi connectivity index (χ0) is 9.35. The second kappa shape index (κ2) is 2.75. The van der Waals surface area contributed by atoms with Crippen molar-refractivity contribution in [3.63, 3.8) is 0 Å². The summed E-state index contributed by atoms with van der Waals surface area (Å²) in [7, 11) is -3.30. The van der Waals surface area contributed by atoms with Crippen LogP contribution in [0.2, 0.25) is 0 Å². The molecular weight excluding hydrogens is 178 g/mol. The van der Waals surface area contributed by atoms with Gasteiger partial charge in [0, 0.05) is 6.26 Å². The van der Waals surface area contributed by atoms with Gasteiger partial charge < -0.3 is 4.42 Å². The molecule has 4 nitrogen and oxygen atoms in total. The molecule has 0 bridgehead atoms. The lowest BCUT2D eigenvalue weighted by molar-refractivity contribution is 0.539. The molecule has 66 valence electrons. The highest BCUT2D eigenvalue weighted by Gasteiger charge is 2.18. The van der Waals surface area contributed by atoms with E-state index in [0.717, 1.165) is 12.6 Å². The van der Waals surface area contributed by atoms with E-state index >= 15 is 0 Å². The van der Waals surface area contributed by atoms with Crippen LogP contribution in [0.4, 0.5) is 0 Å². The molecule has 0 aliphatic rings. The predicted octanol–water partition coefficient (Wildman–Crippen LogP) is 1.11. The number of rotatable bonds is 2. The highest BCUT2D eigenvalue weighted by atomic mass is 32.2. The van der Waals surface area contributed by atoms with Gasteiger partial charge in [0.2, 0.25) is 5.03 Å². The average Bonchev–Trinajstić information content (AvgIpc) is 2.30. The first-order valence-corrected chi connectivity index (χ1v) is 5.11. The Kier molecular flexibility index (Phi) is 2.06. The molecule has 12 heavy (non-hydrogen) atoms. The minimum absolute atomic E-state index is 0.0463. The van der Waals surface area contributed by atoms with Crippen LogP contribution in [0.25, 0.3) is 5.57 Å². The van der Waals surface area contributed by atoms with E-state index in [2.05, 4.69) is 11.6 Å². The molecule has 5 heteroatoms. The van der Waals surface area contributed by atoms with E-state index in [9.17, 15) is 8.42 Å². The van der Waals surface area contributed by atoms with Gasteiger partial charge in [0.25, 0.3) is 0 Å². The number of hydrogen-bond donors (Lipinski definition) is 0. The largest absolute Gasteiger partial charge is 0.442 e. The maximum atomic E-state index is 11.1. The third-order valence-corrected chi connectivity index (χ3v) is 2.27. The van der Waals surface area contributed by atoms with Crippen LogP contribution in [0.1, 0.15) is 12.7 Å². The lowest BCUT2D eigenvalue weighted by Crippen LogP contribution is -2.00. The van der Waals surface area contributed by atoms with Crippen molar-refractivity contribution >= 4 is 15.4 Å². The molecule has 1 aromatic heterocycles. The molecule has 1 heterocycles. The average molecular weight is 187 g/mol. The third-order valence-electron chi connectivity index (χ3n) is 1.27. The first-order valence-electron chi connectivity index (χ1n) is 3.22. The smallest absolute Gasteiger partial charge is 0.201 e. The molecule has 0 radical (unpaired) electrons. The fraction of sp³-hybridized carbons (Fsp3) is 0.286. The van der Waals surface area contributed by atoms with E-state index in [4.69, 9.17) is 4.42 Å². The first kappa shape index (κ1) is 8.99. The number of hydrogen-bond acceptors (Lipinski definition) is 4. The summed E-state index contributed by atoms with van der Waals surface area (Å²) in [5.74, 6) is 0.234. The van der Waals surface area contributed by atoms with Crippen LogP contribution in [0.15, 0.2) is 22.4 Å². The number of nitrogens with zero attached hydrogens (tertiary/aromatic N) is 1. The summed E-state index contributed by atoms with van der Waals surface area (Å²) in [6.07, 6.45) is 2.18. The van der Waals surface area contributed by atoms with E-state index in [1.54, 1.807) is 6.92 Å². The summed E-state index contributed by atoms with van der Waals surface area (Å²) < 4.78 is 27.0. The van der Waals surface area contributed by atoms with Gasteiger partial charge in [-0.3, -0.25) is 0 Å². The van der Waals surface area contributed by atoms with Crippen LogP contribution in [-0.2, 0) is 9.84 Å². The van der Waals surface area contributed by atoms with E-state index in [1.165, 1.54) is 0 Å². The molecule has 0 amide bonds. The van der Waals surface area contributed by atoms with Crippen molar-refractivity contribution < 1.29 is 12.8 Å². The normalized spacial score (nSPS) is 11.5. The summed E-state index contributed by atoms with van der Waals surface area (Å²) in [4.78, 5) is 3.59. The van der Waals surface area contributed by atoms with Gasteiger partial charge in [-0.05, 0) is 12.5 Å². The van der Waals surface area contributed by atoms with Gasteiger partial charge in [0.15, 0.2) is 22.0 Å². The van der Waals surface area contributed by atoms with Crippen molar-refractivity contribution in [3.05, 3.63) is 18.7 Å². The Labute approximate surface area is 70.8 Å². The summed E-state index contributed by atoms with van der Waals surface area (Å²) in [6, 6.07) is 0. The van der Waals surface area contributed by atoms with Gasteiger partial charge in [-0.1, -0.05) is 6.58 Å². The lowest BCUT2D eigenvalue weighted by atomic mass is 10.3. The maximum Gasteiger partial charge on any atom is 0.201 e. The number of sulfone groups is 1. The first-order chi connectivity index (χ1) is 5.43. The van der Waals surface area contributed by atoms with Crippen molar-refractivity contribution in [1.82, 2.24) is 4.98 Å². The lowest BCUT2D eigenvalue weighted by Gasteiger charge is -1.95. The SMILES string of the molecule is C=C(C)c1ocnc1S(C)(=O)=O. The molecule has 0 fully saturated rings. The van der Waals surface area contributed by atoms with Gasteiger partial charge in [-0.15, -0.1) is 0 Å². The molecule has 0 aliphatic carbocycles. The molecular formula is C7H9NO3S. The van der Waals surface area contributed by atoms with Crippen LogP contribution in [0.3, 0.4) is 0 Å². The van der Waals surface area contributed by atoms with Crippen LogP contribution >= 0.6 is 0 Å². The standard InChI is InChI=1S/C7H9NO3S/c1-5(2)6-7(8-4-11-6)12(3,9)10/h4H,1H2,2-3H3. The van der Waals surface area contributed by atoms with Gasteiger partial charge >= 0.3 is 0 Å². The van der Waals surface area contributed by atoms with E-state index in [1.807, 2.05) is 0 Å². The van der Waals surface area contributed by atoms with Crippen molar-refractivity contribution in [2.75, 3.05) is 6.26 Å². The molecule has 0 N–H and O–H groups in total. The molecule has 0 saturated carbocycles. The Morgan fingerprint density at radius 1 is 1.67 bits per heavy atom. The Morgan fingerprint density at radius 3 is 2.58 bits per heavy atom. The second-order valence-electron chi connectivity index (χ2n) is 2.54. The van der Waals surface area contributed by atoms with E-state index < -0.39 is 9.84 Å². The van der Waals surface area contributed by atoms with E-state index in [0.29, 0.717) is 5.57 Å². The van der Waals surface area contributed by atoms with E-state index in [-0.39, 0.29) is 10.8 Å². The highest BCUT2D eigenvalue weighted by Crippen LogP contribution is 2.19. The number of aromatic nitrogens is 1. The maximum absolute atomic E-state index is 11.1. The zero-order valence-electron chi connectivity index (χ0n) is 6.86. The second-order valence-corrected chi connectivity index (χ2v) is 4.47. The van der Waals surface area contributed by atoms with Gasteiger partial charge in [-0.25, -0.2) is 13.4 Å². The van der Waals surface area contributed by atoms with Crippen LogP contribution in [0.5, 0.6) is 0 Å². The van der Waals surface area contributed by atoms with Crippen molar-refractivity contribution in [1.29, 1.82) is 0 Å². The monoisotopic (exact) mass is 187 g/mol. The zero-order valence-corrected chi connectivity index (χ0v) is 7.68. The summed E-state index contributed by atoms with van der Waals surface area (Å²) in [6.45, 7) is 5.24. The van der Waals surface area contributed by atoms with Crippen LogP contribution in [-0.4, -0.2) is 19.7 Å². The Morgan fingerprint density at radius 2 is 2.25 bits per heavy atom. The number of allylic oxidation sites excluding steroid dienone is 1. The molecule has 0 aromatic carbocycles. The molecule has 0 saturated heterocycles.